The molecule has 1 N–H and O–H groups in total. The maximum absolute atomic E-state index is 10.9. The van der Waals surface area contributed by atoms with Crippen LogP contribution >= 0.6 is 0 Å². The van der Waals surface area contributed by atoms with Crippen LogP contribution in [0, 0.1) is 18.3 Å². The number of carbonyl (C=O) groups is 1. The van der Waals surface area contributed by atoms with E-state index in [1.807, 2.05) is 11.8 Å². The second kappa shape index (κ2) is 5.02. The van der Waals surface area contributed by atoms with Crippen molar-refractivity contribution in [2.75, 3.05) is 13.1 Å². The molecule has 0 amide bonds. The molecule has 1 rings (SSSR count). The molecule has 0 aromatic heterocycles. The minimum atomic E-state index is -0.716. The van der Waals surface area contributed by atoms with Crippen molar-refractivity contribution >= 4 is 5.97 Å². The van der Waals surface area contributed by atoms with Gasteiger partial charge in [-0.3, -0.25) is 9.69 Å². The topological polar surface area (TPSA) is 40.5 Å². The van der Waals surface area contributed by atoms with Gasteiger partial charge in [-0.15, -0.1) is 12.3 Å². The average molecular weight is 195 g/mol. The van der Waals surface area contributed by atoms with Gasteiger partial charge in [-0.2, -0.15) is 0 Å². The van der Waals surface area contributed by atoms with Gasteiger partial charge >= 0.3 is 5.97 Å². The molecular formula is C11H17NO2. The van der Waals surface area contributed by atoms with Crippen LogP contribution in [0.4, 0.5) is 0 Å². The highest BCUT2D eigenvalue weighted by molar-refractivity contribution is 5.73. The first-order valence-electron chi connectivity index (χ1n) is 5.12. The first-order chi connectivity index (χ1) is 6.69. The quantitative estimate of drug-likeness (QED) is 0.688. The van der Waals surface area contributed by atoms with E-state index in [9.17, 15) is 4.79 Å². The number of carboxylic acid groups (broad SMARTS) is 1. The van der Waals surface area contributed by atoms with Gasteiger partial charge in [0, 0.05) is 19.0 Å². The Morgan fingerprint density at radius 2 is 2.21 bits per heavy atom. The lowest BCUT2D eigenvalue weighted by atomic mass is 9.96. The van der Waals surface area contributed by atoms with E-state index in [4.69, 9.17) is 11.5 Å². The Hall–Kier alpha value is -1.01. The summed E-state index contributed by atoms with van der Waals surface area (Å²) in [6, 6.07) is -0.325. The van der Waals surface area contributed by atoms with E-state index in [0.717, 1.165) is 25.9 Å². The van der Waals surface area contributed by atoms with E-state index < -0.39 is 5.97 Å². The smallest absolute Gasteiger partial charge is 0.320 e. The lowest BCUT2D eigenvalue weighted by Crippen LogP contribution is -2.45. The van der Waals surface area contributed by atoms with Gasteiger partial charge < -0.3 is 5.11 Å². The fraction of sp³-hybridized carbons (Fsp3) is 0.727. The summed E-state index contributed by atoms with van der Waals surface area (Å²) in [4.78, 5) is 12.9. The van der Waals surface area contributed by atoms with Crippen LogP contribution in [0.5, 0.6) is 0 Å². The van der Waals surface area contributed by atoms with E-state index in [2.05, 4.69) is 5.92 Å². The molecule has 0 aliphatic carbocycles. The van der Waals surface area contributed by atoms with Crippen LogP contribution in [0.2, 0.25) is 0 Å². The third-order valence-corrected chi connectivity index (χ3v) is 2.88. The van der Waals surface area contributed by atoms with E-state index in [0.29, 0.717) is 12.3 Å². The van der Waals surface area contributed by atoms with Crippen LogP contribution in [0.15, 0.2) is 0 Å². The Labute approximate surface area is 85.1 Å². The number of rotatable bonds is 3. The van der Waals surface area contributed by atoms with E-state index >= 15 is 0 Å². The molecule has 0 aromatic rings. The summed E-state index contributed by atoms with van der Waals surface area (Å²) in [7, 11) is 0. The van der Waals surface area contributed by atoms with Gasteiger partial charge in [-0.05, 0) is 19.3 Å². The SMILES string of the molecule is C#CC1CCN(C(CC)C(=O)O)CC1. The second-order valence-electron chi connectivity index (χ2n) is 3.74. The zero-order valence-corrected chi connectivity index (χ0v) is 8.57. The van der Waals surface area contributed by atoms with Gasteiger partial charge in [0.1, 0.15) is 6.04 Å². The second-order valence-corrected chi connectivity index (χ2v) is 3.74. The first-order valence-corrected chi connectivity index (χ1v) is 5.12. The maximum atomic E-state index is 10.9. The van der Waals surface area contributed by atoms with Crippen molar-refractivity contribution in [3.63, 3.8) is 0 Å². The largest absolute Gasteiger partial charge is 0.480 e. The van der Waals surface area contributed by atoms with Crippen molar-refractivity contribution in [2.24, 2.45) is 5.92 Å². The van der Waals surface area contributed by atoms with Crippen LogP contribution in [0.3, 0.4) is 0 Å². The molecule has 1 aliphatic heterocycles. The number of carboxylic acids is 1. The monoisotopic (exact) mass is 195 g/mol. The molecule has 1 fully saturated rings. The molecule has 1 saturated heterocycles. The lowest BCUT2D eigenvalue weighted by molar-refractivity contribution is -0.144. The Kier molecular flexibility index (Phi) is 3.97. The lowest BCUT2D eigenvalue weighted by Gasteiger charge is -2.33. The van der Waals surface area contributed by atoms with Crippen LogP contribution in [-0.2, 0) is 4.79 Å². The molecule has 14 heavy (non-hydrogen) atoms. The minimum Gasteiger partial charge on any atom is -0.480 e. The summed E-state index contributed by atoms with van der Waals surface area (Å²) in [5, 5.41) is 8.97. The molecule has 3 heteroatoms. The van der Waals surface area contributed by atoms with Gasteiger partial charge in [0.25, 0.3) is 0 Å². The average Bonchev–Trinajstić information content (AvgIpc) is 2.19. The summed E-state index contributed by atoms with van der Waals surface area (Å²) in [6.07, 6.45) is 7.86. The molecule has 0 spiro atoms. The molecule has 0 saturated carbocycles. The number of terminal acetylenes is 1. The Morgan fingerprint density at radius 1 is 1.64 bits per heavy atom. The fourth-order valence-corrected chi connectivity index (χ4v) is 1.97. The van der Waals surface area contributed by atoms with Crippen molar-refractivity contribution in [1.29, 1.82) is 0 Å². The Morgan fingerprint density at radius 3 is 2.57 bits per heavy atom. The normalized spacial score (nSPS) is 21.4. The van der Waals surface area contributed by atoms with Gasteiger partial charge in [-0.25, -0.2) is 0 Å². The molecule has 1 unspecified atom stereocenters. The predicted octanol–water partition coefficient (Wildman–Crippen LogP) is 1.19. The minimum absolute atomic E-state index is 0.325. The Balaban J connectivity index is 2.48. The molecule has 0 radical (unpaired) electrons. The molecule has 0 aromatic carbocycles. The van der Waals surface area contributed by atoms with E-state index in [1.54, 1.807) is 0 Å². The highest BCUT2D eigenvalue weighted by atomic mass is 16.4. The standard InChI is InChI=1S/C11H17NO2/c1-3-9-5-7-12(8-6-9)10(4-2)11(13)14/h1,9-10H,4-8H2,2H3,(H,13,14). The highest BCUT2D eigenvalue weighted by Crippen LogP contribution is 2.19. The molecule has 1 heterocycles. The fourth-order valence-electron chi connectivity index (χ4n) is 1.97. The van der Waals surface area contributed by atoms with Gasteiger partial charge in [0.15, 0.2) is 0 Å². The maximum Gasteiger partial charge on any atom is 0.320 e. The molecule has 0 bridgehead atoms. The molecule has 78 valence electrons. The van der Waals surface area contributed by atoms with Gasteiger partial charge in [-0.1, -0.05) is 6.92 Å². The number of likely N-dealkylation sites (tertiary alicyclic amines) is 1. The zero-order valence-electron chi connectivity index (χ0n) is 8.57. The van der Waals surface area contributed by atoms with Crippen molar-refractivity contribution in [3.05, 3.63) is 0 Å². The van der Waals surface area contributed by atoms with E-state index in [-0.39, 0.29) is 6.04 Å². The number of hydrogen-bond acceptors (Lipinski definition) is 2. The molecule has 1 atom stereocenters. The first kappa shape index (κ1) is 11.1. The number of nitrogens with zero attached hydrogens (tertiary/aromatic N) is 1. The van der Waals surface area contributed by atoms with E-state index in [1.165, 1.54) is 0 Å². The summed E-state index contributed by atoms with van der Waals surface area (Å²) >= 11 is 0. The summed E-state index contributed by atoms with van der Waals surface area (Å²) < 4.78 is 0. The van der Waals surface area contributed by atoms with Crippen LogP contribution in [0.25, 0.3) is 0 Å². The summed E-state index contributed by atoms with van der Waals surface area (Å²) in [5.74, 6) is 2.37. The van der Waals surface area contributed by atoms with Crippen molar-refractivity contribution in [3.8, 4) is 12.3 Å². The molecule has 1 aliphatic rings. The van der Waals surface area contributed by atoms with Crippen molar-refractivity contribution in [2.45, 2.75) is 32.2 Å². The van der Waals surface area contributed by atoms with Crippen LogP contribution in [0.1, 0.15) is 26.2 Å². The third kappa shape index (κ3) is 2.49. The van der Waals surface area contributed by atoms with Crippen LogP contribution in [-0.4, -0.2) is 35.1 Å². The number of hydrogen-bond donors (Lipinski definition) is 1. The number of piperidine rings is 1. The van der Waals surface area contributed by atoms with Crippen LogP contribution < -0.4 is 0 Å². The highest BCUT2D eigenvalue weighted by Gasteiger charge is 2.27. The predicted molar refractivity (Wildman–Crippen MR) is 54.8 cm³/mol. The van der Waals surface area contributed by atoms with Crippen molar-refractivity contribution < 1.29 is 9.90 Å². The molecular weight excluding hydrogens is 178 g/mol. The molecule has 3 nitrogen and oxygen atoms in total. The van der Waals surface area contributed by atoms with Crippen molar-refractivity contribution in [1.82, 2.24) is 4.90 Å². The van der Waals surface area contributed by atoms with Gasteiger partial charge in [0.2, 0.25) is 0 Å². The van der Waals surface area contributed by atoms with Gasteiger partial charge in [0.05, 0.1) is 0 Å². The summed E-state index contributed by atoms with van der Waals surface area (Å²) in [6.45, 7) is 3.55. The summed E-state index contributed by atoms with van der Waals surface area (Å²) in [5.41, 5.74) is 0. The Bertz CT molecular complexity index is 236. The third-order valence-electron chi connectivity index (χ3n) is 2.88. The zero-order chi connectivity index (χ0) is 10.6. The number of aliphatic carboxylic acids is 1.